The molecule has 0 spiro atoms. The van der Waals surface area contributed by atoms with E-state index in [4.69, 9.17) is 10.5 Å². The van der Waals surface area contributed by atoms with Crippen LogP contribution >= 0.6 is 0 Å². The van der Waals surface area contributed by atoms with E-state index in [9.17, 15) is 9.18 Å². The van der Waals surface area contributed by atoms with E-state index in [1.807, 2.05) is 52.0 Å². The monoisotopic (exact) mass is 464 g/mol. The summed E-state index contributed by atoms with van der Waals surface area (Å²) in [7, 11) is 1.79. The van der Waals surface area contributed by atoms with Crippen LogP contribution in [0.4, 0.5) is 20.7 Å². The molecule has 1 amide bonds. The average molecular weight is 465 g/mol. The van der Waals surface area contributed by atoms with Crippen molar-refractivity contribution in [3.8, 4) is 11.1 Å². The number of rotatable bonds is 3. The largest absolute Gasteiger partial charge is 0.444 e. The Morgan fingerprint density at radius 1 is 1.26 bits per heavy atom. The fourth-order valence-corrected chi connectivity index (χ4v) is 4.63. The van der Waals surface area contributed by atoms with Gasteiger partial charge in [0.05, 0.1) is 6.04 Å². The summed E-state index contributed by atoms with van der Waals surface area (Å²) < 4.78 is 20.4. The van der Waals surface area contributed by atoms with Crippen LogP contribution in [0.3, 0.4) is 0 Å². The molecule has 6 nitrogen and oxygen atoms in total. The van der Waals surface area contributed by atoms with Crippen molar-refractivity contribution >= 4 is 28.4 Å². The SMILES string of the molecule is Cc1cccc(F)c1-c1cc(N2CCC[C@@H](N(C)C(=O)OC(C)(C)C)C2)c2cc(N)ncc2c1. The molecule has 1 aliphatic rings. The first-order valence-corrected chi connectivity index (χ1v) is 11.7. The van der Waals surface area contributed by atoms with Crippen LogP contribution in [-0.2, 0) is 4.74 Å². The number of pyridine rings is 1. The topological polar surface area (TPSA) is 71.7 Å². The van der Waals surface area contributed by atoms with Gasteiger partial charge in [-0.2, -0.15) is 0 Å². The maximum Gasteiger partial charge on any atom is 0.410 e. The quantitative estimate of drug-likeness (QED) is 0.533. The van der Waals surface area contributed by atoms with Gasteiger partial charge in [0.2, 0.25) is 0 Å². The number of carbonyl (C=O) groups is 1. The van der Waals surface area contributed by atoms with E-state index in [0.717, 1.165) is 47.0 Å². The van der Waals surface area contributed by atoms with Gasteiger partial charge in [-0.25, -0.2) is 14.2 Å². The molecule has 1 aliphatic heterocycles. The lowest BCUT2D eigenvalue weighted by Crippen LogP contribution is -2.49. The Morgan fingerprint density at radius 2 is 2.03 bits per heavy atom. The molecular formula is C27H33FN4O2. The fourth-order valence-electron chi connectivity index (χ4n) is 4.63. The van der Waals surface area contributed by atoms with E-state index in [2.05, 4.69) is 9.88 Å². The highest BCUT2D eigenvalue weighted by Crippen LogP contribution is 2.37. The van der Waals surface area contributed by atoms with Crippen molar-refractivity contribution in [3.05, 3.63) is 54.0 Å². The normalized spacial score (nSPS) is 16.5. The molecule has 34 heavy (non-hydrogen) atoms. The lowest BCUT2D eigenvalue weighted by atomic mass is 9.95. The van der Waals surface area contributed by atoms with Crippen molar-refractivity contribution in [2.24, 2.45) is 0 Å². The van der Waals surface area contributed by atoms with Crippen LogP contribution in [0.15, 0.2) is 42.6 Å². The van der Waals surface area contributed by atoms with E-state index in [1.54, 1.807) is 24.2 Å². The van der Waals surface area contributed by atoms with Gasteiger partial charge in [-0.05, 0) is 75.9 Å². The number of hydrogen-bond donors (Lipinski definition) is 1. The standard InChI is InChI=1S/C27H33FN4O2/c1-17-8-6-10-22(28)25(17)18-12-19-15-30-24(29)14-21(19)23(13-18)32-11-7-9-20(16-32)31(5)26(33)34-27(2,3)4/h6,8,10,12-15,20H,7,9,11,16H2,1-5H3,(H2,29,30)/t20-/m1/s1. The number of amides is 1. The smallest absolute Gasteiger partial charge is 0.410 e. The predicted molar refractivity (Wildman–Crippen MR) is 136 cm³/mol. The summed E-state index contributed by atoms with van der Waals surface area (Å²) in [5.74, 6) is 0.179. The fraction of sp³-hybridized carbons (Fsp3) is 0.407. The maximum absolute atomic E-state index is 14.9. The number of aryl methyl sites for hydroxylation is 1. The van der Waals surface area contributed by atoms with Crippen molar-refractivity contribution < 1.29 is 13.9 Å². The van der Waals surface area contributed by atoms with Gasteiger partial charge in [0.25, 0.3) is 0 Å². The van der Waals surface area contributed by atoms with Gasteiger partial charge < -0.3 is 20.3 Å². The molecule has 2 heterocycles. The van der Waals surface area contributed by atoms with Gasteiger partial charge in [0, 0.05) is 48.4 Å². The van der Waals surface area contributed by atoms with Crippen LogP contribution in [0, 0.1) is 12.7 Å². The zero-order valence-corrected chi connectivity index (χ0v) is 20.6. The summed E-state index contributed by atoms with van der Waals surface area (Å²) in [6.45, 7) is 8.99. The molecule has 0 radical (unpaired) electrons. The van der Waals surface area contributed by atoms with Gasteiger partial charge in [-0.3, -0.25) is 0 Å². The van der Waals surface area contributed by atoms with E-state index in [-0.39, 0.29) is 18.0 Å². The molecular weight excluding hydrogens is 431 g/mol. The van der Waals surface area contributed by atoms with Crippen molar-refractivity contribution in [2.75, 3.05) is 30.8 Å². The zero-order chi connectivity index (χ0) is 24.6. The van der Waals surface area contributed by atoms with Crippen molar-refractivity contribution in [3.63, 3.8) is 0 Å². The number of likely N-dealkylation sites (N-methyl/N-ethyl adjacent to an activating group) is 1. The van der Waals surface area contributed by atoms with Crippen molar-refractivity contribution in [2.45, 2.75) is 52.2 Å². The molecule has 1 saturated heterocycles. The molecule has 4 rings (SSSR count). The Labute approximate surface area is 200 Å². The van der Waals surface area contributed by atoms with Crippen LogP contribution in [-0.4, -0.2) is 47.8 Å². The molecule has 7 heteroatoms. The number of anilines is 2. The number of nitrogens with two attached hydrogens (primary N) is 1. The minimum absolute atomic E-state index is 0.00307. The number of halogens is 1. The van der Waals surface area contributed by atoms with Crippen LogP contribution < -0.4 is 10.6 Å². The number of ether oxygens (including phenoxy) is 1. The Kier molecular flexibility index (Phi) is 6.39. The van der Waals surface area contributed by atoms with Crippen LogP contribution in [0.5, 0.6) is 0 Å². The molecule has 2 N–H and O–H groups in total. The molecule has 3 aromatic rings. The summed E-state index contributed by atoms with van der Waals surface area (Å²) in [4.78, 5) is 20.9. The van der Waals surface area contributed by atoms with E-state index in [0.29, 0.717) is 17.9 Å². The van der Waals surface area contributed by atoms with Gasteiger partial charge in [0.1, 0.15) is 17.2 Å². The first-order valence-electron chi connectivity index (χ1n) is 11.7. The van der Waals surface area contributed by atoms with Gasteiger partial charge in [0.15, 0.2) is 0 Å². The predicted octanol–water partition coefficient (Wildman–Crippen LogP) is 5.77. The summed E-state index contributed by atoms with van der Waals surface area (Å²) in [6, 6.07) is 11.0. The molecule has 0 aliphatic carbocycles. The van der Waals surface area contributed by atoms with Crippen LogP contribution in [0.25, 0.3) is 21.9 Å². The van der Waals surface area contributed by atoms with Gasteiger partial charge in [-0.1, -0.05) is 12.1 Å². The Bertz CT molecular complexity index is 1200. The Morgan fingerprint density at radius 3 is 2.74 bits per heavy atom. The van der Waals surface area contributed by atoms with Crippen molar-refractivity contribution in [1.29, 1.82) is 0 Å². The molecule has 1 aromatic heterocycles. The molecule has 1 atom stereocenters. The minimum Gasteiger partial charge on any atom is -0.444 e. The number of nitrogen functional groups attached to an aromatic ring is 1. The van der Waals surface area contributed by atoms with E-state index in [1.165, 1.54) is 6.07 Å². The molecule has 2 aromatic carbocycles. The highest BCUT2D eigenvalue weighted by molar-refractivity contribution is 5.99. The van der Waals surface area contributed by atoms with Crippen LogP contribution in [0.2, 0.25) is 0 Å². The molecule has 0 unspecified atom stereocenters. The highest BCUT2D eigenvalue weighted by Gasteiger charge is 2.30. The number of fused-ring (bicyclic) bond motifs is 1. The minimum atomic E-state index is -0.549. The number of aromatic nitrogens is 1. The third kappa shape index (κ3) is 4.93. The summed E-state index contributed by atoms with van der Waals surface area (Å²) >= 11 is 0. The van der Waals surface area contributed by atoms with Gasteiger partial charge in [-0.15, -0.1) is 0 Å². The summed E-state index contributed by atoms with van der Waals surface area (Å²) in [5.41, 5.74) is 8.70. The average Bonchev–Trinajstić information content (AvgIpc) is 2.77. The zero-order valence-electron chi connectivity index (χ0n) is 20.6. The molecule has 0 saturated carbocycles. The second-order valence-corrected chi connectivity index (χ2v) is 10.1. The second kappa shape index (κ2) is 9.12. The first-order chi connectivity index (χ1) is 16.0. The Hall–Kier alpha value is -3.35. The number of benzene rings is 2. The molecule has 0 bridgehead atoms. The third-order valence-corrected chi connectivity index (χ3v) is 6.31. The lowest BCUT2D eigenvalue weighted by Gasteiger charge is -2.39. The highest BCUT2D eigenvalue weighted by atomic mass is 19.1. The van der Waals surface area contributed by atoms with Crippen LogP contribution in [0.1, 0.15) is 39.2 Å². The summed E-state index contributed by atoms with van der Waals surface area (Å²) in [6.07, 6.45) is 3.22. The lowest BCUT2D eigenvalue weighted by molar-refractivity contribution is 0.0210. The molecule has 180 valence electrons. The number of carbonyl (C=O) groups excluding carboxylic acids is 1. The summed E-state index contributed by atoms with van der Waals surface area (Å²) in [5, 5.41) is 1.86. The number of hydrogen-bond acceptors (Lipinski definition) is 5. The number of piperidine rings is 1. The maximum atomic E-state index is 14.9. The van der Waals surface area contributed by atoms with Crippen molar-refractivity contribution in [1.82, 2.24) is 9.88 Å². The van der Waals surface area contributed by atoms with Gasteiger partial charge >= 0.3 is 6.09 Å². The second-order valence-electron chi connectivity index (χ2n) is 10.1. The third-order valence-electron chi connectivity index (χ3n) is 6.31. The Balaban J connectivity index is 1.74. The first kappa shape index (κ1) is 23.8. The number of nitrogens with zero attached hydrogens (tertiary/aromatic N) is 3. The molecule has 1 fully saturated rings. The van der Waals surface area contributed by atoms with E-state index >= 15 is 0 Å². The van der Waals surface area contributed by atoms with E-state index < -0.39 is 5.60 Å².